The van der Waals surface area contributed by atoms with Crippen LogP contribution in [0.1, 0.15) is 33.3 Å². The highest BCUT2D eigenvalue weighted by Gasteiger charge is 1.72. The SMILES string of the molecule is C/C=C/C.CC.Cc1ccccc1. The summed E-state index contributed by atoms with van der Waals surface area (Å²) in [6.07, 6.45) is 4.00. The number of allylic oxidation sites excluding steroid dienone is 2. The van der Waals surface area contributed by atoms with Crippen LogP contribution >= 0.6 is 0 Å². The summed E-state index contributed by atoms with van der Waals surface area (Å²) in [5.74, 6) is 0. The van der Waals surface area contributed by atoms with Gasteiger partial charge in [-0.1, -0.05) is 61.9 Å². The van der Waals surface area contributed by atoms with E-state index in [1.807, 2.05) is 58.0 Å². The molecular formula is C13H22. The first-order chi connectivity index (χ1) is 6.31. The predicted molar refractivity (Wildman–Crippen MR) is 63.0 cm³/mol. The van der Waals surface area contributed by atoms with Gasteiger partial charge in [0.1, 0.15) is 0 Å². The van der Waals surface area contributed by atoms with Crippen molar-refractivity contribution >= 4 is 0 Å². The molecule has 74 valence electrons. The van der Waals surface area contributed by atoms with Crippen LogP contribution in [0.15, 0.2) is 42.5 Å². The highest BCUT2D eigenvalue weighted by Crippen LogP contribution is 1.92. The van der Waals surface area contributed by atoms with Gasteiger partial charge in [0.2, 0.25) is 0 Å². The van der Waals surface area contributed by atoms with E-state index in [0.29, 0.717) is 0 Å². The Bertz CT molecular complexity index is 180. The Balaban J connectivity index is 0. The van der Waals surface area contributed by atoms with Crippen LogP contribution in [0.2, 0.25) is 0 Å². The smallest absolute Gasteiger partial charge is 0.0398 e. The molecule has 0 aliphatic rings. The normalized spacial score (nSPS) is 8.08. The maximum absolute atomic E-state index is 2.08. The zero-order valence-corrected chi connectivity index (χ0v) is 9.54. The van der Waals surface area contributed by atoms with Crippen molar-refractivity contribution in [2.24, 2.45) is 0 Å². The van der Waals surface area contributed by atoms with E-state index >= 15 is 0 Å². The van der Waals surface area contributed by atoms with Gasteiger partial charge in [0, 0.05) is 0 Å². The summed E-state index contributed by atoms with van der Waals surface area (Å²) in [6, 6.07) is 10.3. The molecule has 0 unspecified atom stereocenters. The third kappa shape index (κ3) is 13.9. The van der Waals surface area contributed by atoms with Gasteiger partial charge in [-0.05, 0) is 20.8 Å². The first kappa shape index (κ1) is 14.5. The standard InChI is InChI=1S/C7H8.C4H8.C2H6/c1-7-5-3-2-4-6-7;1-3-4-2;1-2/h2-6H,1H3;3-4H,1-2H3;1-2H3/b;4-3+;. The van der Waals surface area contributed by atoms with Crippen LogP contribution in [0, 0.1) is 6.92 Å². The zero-order chi connectivity index (χ0) is 10.5. The fourth-order valence-electron chi connectivity index (χ4n) is 0.534. The van der Waals surface area contributed by atoms with Crippen molar-refractivity contribution in [1.29, 1.82) is 0 Å². The first-order valence-corrected chi connectivity index (χ1v) is 4.90. The number of hydrogen-bond donors (Lipinski definition) is 0. The molecule has 0 spiro atoms. The molecule has 0 atom stereocenters. The minimum absolute atomic E-state index is 1.32. The molecule has 0 aromatic heterocycles. The van der Waals surface area contributed by atoms with Gasteiger partial charge in [-0.25, -0.2) is 0 Å². The molecule has 0 bridgehead atoms. The highest BCUT2D eigenvalue weighted by molar-refractivity contribution is 5.11. The molecule has 0 saturated carbocycles. The van der Waals surface area contributed by atoms with E-state index in [0.717, 1.165) is 0 Å². The number of benzene rings is 1. The fourth-order valence-corrected chi connectivity index (χ4v) is 0.534. The largest absolute Gasteiger partial charge is 0.0919 e. The molecule has 0 fully saturated rings. The molecule has 0 heteroatoms. The molecule has 0 saturated heterocycles. The van der Waals surface area contributed by atoms with E-state index in [-0.39, 0.29) is 0 Å². The minimum atomic E-state index is 1.32. The third-order valence-corrected chi connectivity index (χ3v) is 1.27. The van der Waals surface area contributed by atoms with Gasteiger partial charge in [0.15, 0.2) is 0 Å². The molecule has 0 nitrogen and oxygen atoms in total. The Hall–Kier alpha value is -1.04. The van der Waals surface area contributed by atoms with Crippen LogP contribution in [-0.4, -0.2) is 0 Å². The Labute approximate surface area is 83.3 Å². The van der Waals surface area contributed by atoms with E-state index < -0.39 is 0 Å². The molecule has 0 heterocycles. The van der Waals surface area contributed by atoms with Crippen molar-refractivity contribution < 1.29 is 0 Å². The van der Waals surface area contributed by atoms with Crippen LogP contribution in [0.4, 0.5) is 0 Å². The maximum atomic E-state index is 2.08. The summed E-state index contributed by atoms with van der Waals surface area (Å²) in [7, 11) is 0. The van der Waals surface area contributed by atoms with Crippen molar-refractivity contribution in [2.75, 3.05) is 0 Å². The van der Waals surface area contributed by atoms with Gasteiger partial charge < -0.3 is 0 Å². The average Bonchev–Trinajstić information content (AvgIpc) is 2.22. The van der Waals surface area contributed by atoms with E-state index in [1.165, 1.54) is 5.56 Å². The Morgan fingerprint density at radius 3 is 1.38 bits per heavy atom. The van der Waals surface area contributed by atoms with Gasteiger partial charge >= 0.3 is 0 Å². The average molecular weight is 178 g/mol. The van der Waals surface area contributed by atoms with Gasteiger partial charge in [-0.15, -0.1) is 0 Å². The molecule has 0 amide bonds. The number of aryl methyl sites for hydroxylation is 1. The monoisotopic (exact) mass is 178 g/mol. The van der Waals surface area contributed by atoms with Crippen LogP contribution in [0.5, 0.6) is 0 Å². The number of rotatable bonds is 0. The zero-order valence-electron chi connectivity index (χ0n) is 9.54. The molecule has 13 heavy (non-hydrogen) atoms. The maximum Gasteiger partial charge on any atom is -0.0398 e. The Kier molecular flexibility index (Phi) is 15.1. The summed E-state index contributed by atoms with van der Waals surface area (Å²) >= 11 is 0. The fraction of sp³-hybridized carbons (Fsp3) is 0.385. The summed E-state index contributed by atoms with van der Waals surface area (Å²) in [5.41, 5.74) is 1.32. The lowest BCUT2D eigenvalue weighted by atomic mass is 10.2. The van der Waals surface area contributed by atoms with Crippen LogP contribution < -0.4 is 0 Å². The lowest BCUT2D eigenvalue weighted by molar-refractivity contribution is 1.48. The van der Waals surface area contributed by atoms with Crippen molar-refractivity contribution in [3.63, 3.8) is 0 Å². The van der Waals surface area contributed by atoms with E-state index in [9.17, 15) is 0 Å². The second-order valence-electron chi connectivity index (χ2n) is 2.32. The van der Waals surface area contributed by atoms with Crippen LogP contribution in [0.25, 0.3) is 0 Å². The summed E-state index contributed by atoms with van der Waals surface area (Å²) in [5, 5.41) is 0. The topological polar surface area (TPSA) is 0 Å². The molecule has 1 rings (SSSR count). The molecule has 0 aliphatic heterocycles. The molecule has 0 aliphatic carbocycles. The predicted octanol–water partition coefficient (Wildman–Crippen LogP) is 4.60. The lowest BCUT2D eigenvalue weighted by Crippen LogP contribution is -1.62. The Morgan fingerprint density at radius 1 is 0.846 bits per heavy atom. The molecule has 0 radical (unpaired) electrons. The third-order valence-electron chi connectivity index (χ3n) is 1.27. The van der Waals surface area contributed by atoms with Gasteiger partial charge in [-0.2, -0.15) is 0 Å². The van der Waals surface area contributed by atoms with E-state index in [1.54, 1.807) is 0 Å². The van der Waals surface area contributed by atoms with E-state index in [4.69, 9.17) is 0 Å². The van der Waals surface area contributed by atoms with Crippen molar-refractivity contribution in [1.82, 2.24) is 0 Å². The molecule has 1 aromatic rings. The van der Waals surface area contributed by atoms with Gasteiger partial charge in [-0.3, -0.25) is 0 Å². The van der Waals surface area contributed by atoms with Crippen molar-refractivity contribution in [2.45, 2.75) is 34.6 Å². The van der Waals surface area contributed by atoms with Gasteiger partial charge in [0.05, 0.1) is 0 Å². The van der Waals surface area contributed by atoms with Crippen molar-refractivity contribution in [3.8, 4) is 0 Å². The molecular weight excluding hydrogens is 156 g/mol. The quantitative estimate of drug-likeness (QED) is 0.509. The molecule has 0 N–H and O–H groups in total. The minimum Gasteiger partial charge on any atom is -0.0919 e. The Morgan fingerprint density at radius 2 is 1.23 bits per heavy atom. The van der Waals surface area contributed by atoms with Crippen LogP contribution in [-0.2, 0) is 0 Å². The second-order valence-corrected chi connectivity index (χ2v) is 2.32. The number of hydrogen-bond acceptors (Lipinski definition) is 0. The van der Waals surface area contributed by atoms with E-state index in [2.05, 4.69) is 19.1 Å². The van der Waals surface area contributed by atoms with Gasteiger partial charge in [0.25, 0.3) is 0 Å². The first-order valence-electron chi connectivity index (χ1n) is 4.90. The molecule has 1 aromatic carbocycles. The lowest BCUT2D eigenvalue weighted by Gasteiger charge is -1.82. The summed E-state index contributed by atoms with van der Waals surface area (Å²) < 4.78 is 0. The highest BCUT2D eigenvalue weighted by atomic mass is 13.8. The summed E-state index contributed by atoms with van der Waals surface area (Å²) in [4.78, 5) is 0. The summed E-state index contributed by atoms with van der Waals surface area (Å²) in [6.45, 7) is 10.1. The second kappa shape index (κ2) is 13.5. The van der Waals surface area contributed by atoms with Crippen molar-refractivity contribution in [3.05, 3.63) is 48.0 Å². The van der Waals surface area contributed by atoms with Crippen LogP contribution in [0.3, 0.4) is 0 Å².